The molecule has 6 heteroatoms. The van der Waals surface area contributed by atoms with Crippen molar-refractivity contribution in [2.75, 3.05) is 7.11 Å². The van der Waals surface area contributed by atoms with Gasteiger partial charge in [0.05, 0.1) is 6.61 Å². The first-order chi connectivity index (χ1) is 7.41. The first-order valence-corrected chi connectivity index (χ1v) is 4.67. The molecule has 0 bridgehead atoms. The van der Waals surface area contributed by atoms with Crippen LogP contribution >= 0.6 is 11.6 Å². The van der Waals surface area contributed by atoms with Gasteiger partial charge in [-0.15, -0.1) is 0 Å². The molecule has 0 aliphatic rings. The van der Waals surface area contributed by atoms with Crippen molar-refractivity contribution < 1.29 is 23.4 Å². The average Bonchev–Trinajstić information content (AvgIpc) is 2.20. The molecule has 1 rings (SSSR count). The lowest BCUT2D eigenvalue weighted by Crippen LogP contribution is -2.27. The molecule has 0 saturated heterocycles. The van der Waals surface area contributed by atoms with Gasteiger partial charge >= 0.3 is 11.9 Å². The largest absolute Gasteiger partial charge is 0.477 e. The third-order valence-corrected chi connectivity index (χ3v) is 2.37. The Kier molecular flexibility index (Phi) is 3.83. The van der Waals surface area contributed by atoms with E-state index in [2.05, 4.69) is 0 Å². The molecule has 0 fully saturated rings. The van der Waals surface area contributed by atoms with Crippen LogP contribution in [-0.2, 0) is 22.1 Å². The van der Waals surface area contributed by atoms with Crippen molar-refractivity contribution >= 4 is 17.6 Å². The van der Waals surface area contributed by atoms with E-state index < -0.39 is 17.5 Å². The van der Waals surface area contributed by atoms with E-state index >= 15 is 0 Å². The number of hydrogen-bond donors (Lipinski definition) is 1. The van der Waals surface area contributed by atoms with E-state index in [9.17, 15) is 13.6 Å². The second-order valence-corrected chi connectivity index (χ2v) is 3.49. The first kappa shape index (κ1) is 12.9. The Hall–Kier alpha value is -1.20. The topological polar surface area (TPSA) is 46.5 Å². The molecule has 88 valence electrons. The molecule has 0 amide bonds. The van der Waals surface area contributed by atoms with Gasteiger partial charge in [0.25, 0.3) is 0 Å². The minimum absolute atomic E-state index is 0.0148. The van der Waals surface area contributed by atoms with Crippen molar-refractivity contribution in [3.05, 3.63) is 34.3 Å². The molecule has 0 spiro atoms. The zero-order valence-corrected chi connectivity index (χ0v) is 9.09. The predicted octanol–water partition coefficient (Wildman–Crippen LogP) is 2.66. The molecule has 16 heavy (non-hydrogen) atoms. The molecule has 1 aromatic rings. The predicted molar refractivity (Wildman–Crippen MR) is 53.7 cm³/mol. The molecule has 0 heterocycles. The van der Waals surface area contributed by atoms with Gasteiger partial charge in [0.15, 0.2) is 0 Å². The van der Waals surface area contributed by atoms with Crippen LogP contribution in [0.1, 0.15) is 11.1 Å². The Morgan fingerprint density at radius 1 is 1.56 bits per heavy atom. The lowest BCUT2D eigenvalue weighted by Gasteiger charge is -2.16. The van der Waals surface area contributed by atoms with Crippen molar-refractivity contribution in [2.24, 2.45) is 0 Å². The second-order valence-electron chi connectivity index (χ2n) is 3.08. The minimum Gasteiger partial charge on any atom is -0.477 e. The van der Waals surface area contributed by atoms with Crippen LogP contribution in [0.4, 0.5) is 8.78 Å². The second kappa shape index (κ2) is 4.76. The third kappa shape index (κ3) is 2.31. The van der Waals surface area contributed by atoms with E-state index in [1.165, 1.54) is 19.2 Å². The standard InChI is InChI=1S/C10H9ClF2O3/c1-16-5-6-7(3-2-4-8(6)11)10(12,13)9(14)15/h2-4H,5H2,1H3,(H,14,15). The van der Waals surface area contributed by atoms with E-state index in [-0.39, 0.29) is 17.2 Å². The summed E-state index contributed by atoms with van der Waals surface area (Å²) in [5, 5.41) is 8.50. The molecule has 0 saturated carbocycles. The van der Waals surface area contributed by atoms with Gasteiger partial charge in [0, 0.05) is 23.3 Å². The van der Waals surface area contributed by atoms with Crippen LogP contribution in [0.2, 0.25) is 5.02 Å². The number of hydrogen-bond acceptors (Lipinski definition) is 2. The summed E-state index contributed by atoms with van der Waals surface area (Å²) >= 11 is 5.71. The number of aliphatic carboxylic acids is 1. The summed E-state index contributed by atoms with van der Waals surface area (Å²) in [5.41, 5.74) is -0.659. The molecule has 0 aromatic heterocycles. The molecular formula is C10H9ClF2O3. The number of benzene rings is 1. The van der Waals surface area contributed by atoms with Crippen LogP contribution in [0.3, 0.4) is 0 Å². The number of methoxy groups -OCH3 is 1. The third-order valence-electron chi connectivity index (χ3n) is 2.01. The van der Waals surface area contributed by atoms with Crippen molar-refractivity contribution in [2.45, 2.75) is 12.5 Å². The number of carboxylic acid groups (broad SMARTS) is 1. The van der Waals surface area contributed by atoms with E-state index in [1.807, 2.05) is 0 Å². The monoisotopic (exact) mass is 250 g/mol. The Morgan fingerprint density at radius 3 is 2.69 bits per heavy atom. The molecule has 3 nitrogen and oxygen atoms in total. The van der Waals surface area contributed by atoms with Gasteiger partial charge in [-0.2, -0.15) is 8.78 Å². The fourth-order valence-corrected chi connectivity index (χ4v) is 1.49. The SMILES string of the molecule is COCc1c(Cl)cccc1C(F)(F)C(=O)O. The number of carboxylic acids is 1. The van der Waals surface area contributed by atoms with Gasteiger partial charge in [-0.25, -0.2) is 4.79 Å². The van der Waals surface area contributed by atoms with Crippen molar-refractivity contribution in [3.8, 4) is 0 Å². The van der Waals surface area contributed by atoms with Gasteiger partial charge in [-0.05, 0) is 6.07 Å². The van der Waals surface area contributed by atoms with Gasteiger partial charge in [0.1, 0.15) is 0 Å². The number of rotatable bonds is 4. The summed E-state index contributed by atoms with van der Waals surface area (Å²) in [6.45, 7) is -0.169. The Bertz CT molecular complexity index is 407. The maximum atomic E-state index is 13.3. The summed E-state index contributed by atoms with van der Waals surface area (Å²) in [5.74, 6) is -6.19. The minimum atomic E-state index is -3.97. The van der Waals surface area contributed by atoms with Gasteiger partial charge in [0.2, 0.25) is 0 Å². The molecule has 1 N–H and O–H groups in total. The molecule has 0 aliphatic heterocycles. The number of carbonyl (C=O) groups is 1. The van der Waals surface area contributed by atoms with Crippen molar-refractivity contribution in [1.82, 2.24) is 0 Å². The molecule has 0 unspecified atom stereocenters. The Labute approximate surface area is 95.6 Å². The highest BCUT2D eigenvalue weighted by molar-refractivity contribution is 6.31. The maximum Gasteiger partial charge on any atom is 0.379 e. The van der Waals surface area contributed by atoms with Crippen LogP contribution in [0, 0.1) is 0 Å². The number of alkyl halides is 2. The highest BCUT2D eigenvalue weighted by Crippen LogP contribution is 2.34. The van der Waals surface area contributed by atoms with E-state index in [4.69, 9.17) is 21.4 Å². The lowest BCUT2D eigenvalue weighted by atomic mass is 10.0. The molecular weight excluding hydrogens is 242 g/mol. The van der Waals surface area contributed by atoms with Gasteiger partial charge < -0.3 is 9.84 Å². The van der Waals surface area contributed by atoms with Crippen LogP contribution in [-0.4, -0.2) is 18.2 Å². The van der Waals surface area contributed by atoms with Crippen LogP contribution in [0.5, 0.6) is 0 Å². The maximum absolute atomic E-state index is 13.3. The highest BCUT2D eigenvalue weighted by atomic mass is 35.5. The highest BCUT2D eigenvalue weighted by Gasteiger charge is 2.43. The van der Waals surface area contributed by atoms with E-state index in [1.54, 1.807) is 0 Å². The molecule has 0 atom stereocenters. The number of halogens is 3. The van der Waals surface area contributed by atoms with Crippen molar-refractivity contribution in [3.63, 3.8) is 0 Å². The summed E-state index contributed by atoms with van der Waals surface area (Å²) < 4.78 is 31.4. The zero-order chi connectivity index (χ0) is 12.3. The Morgan fingerprint density at radius 2 is 2.19 bits per heavy atom. The summed E-state index contributed by atoms with van der Waals surface area (Å²) in [6, 6.07) is 3.69. The van der Waals surface area contributed by atoms with Crippen LogP contribution < -0.4 is 0 Å². The summed E-state index contributed by atoms with van der Waals surface area (Å²) in [4.78, 5) is 10.5. The quantitative estimate of drug-likeness (QED) is 0.894. The molecule has 1 aromatic carbocycles. The first-order valence-electron chi connectivity index (χ1n) is 4.29. The number of ether oxygens (including phenoxy) is 1. The Balaban J connectivity index is 3.32. The smallest absolute Gasteiger partial charge is 0.379 e. The normalized spacial score (nSPS) is 11.5. The van der Waals surface area contributed by atoms with Crippen LogP contribution in [0.25, 0.3) is 0 Å². The molecule has 0 radical (unpaired) electrons. The molecule has 0 aliphatic carbocycles. The fraction of sp³-hybridized carbons (Fsp3) is 0.300. The van der Waals surface area contributed by atoms with Gasteiger partial charge in [-0.1, -0.05) is 23.7 Å². The van der Waals surface area contributed by atoms with Crippen LogP contribution in [0.15, 0.2) is 18.2 Å². The summed E-state index contributed by atoms with van der Waals surface area (Å²) in [6.07, 6.45) is 0. The average molecular weight is 251 g/mol. The summed E-state index contributed by atoms with van der Waals surface area (Å²) in [7, 11) is 1.31. The van der Waals surface area contributed by atoms with Crippen molar-refractivity contribution in [1.29, 1.82) is 0 Å². The van der Waals surface area contributed by atoms with E-state index in [0.29, 0.717) is 0 Å². The zero-order valence-electron chi connectivity index (χ0n) is 8.34. The van der Waals surface area contributed by atoms with E-state index in [0.717, 1.165) is 6.07 Å². The van der Waals surface area contributed by atoms with Gasteiger partial charge in [-0.3, -0.25) is 0 Å². The fourth-order valence-electron chi connectivity index (χ4n) is 1.26. The lowest BCUT2D eigenvalue weighted by molar-refractivity contribution is -0.166.